The van der Waals surface area contributed by atoms with Crippen molar-refractivity contribution in [3.05, 3.63) is 47.5 Å². The van der Waals surface area contributed by atoms with Crippen LogP contribution in [0.3, 0.4) is 0 Å². The minimum absolute atomic E-state index is 0. The van der Waals surface area contributed by atoms with Crippen molar-refractivity contribution in [2.75, 3.05) is 14.2 Å². The molecule has 0 fully saturated rings. The molecule has 2 atom stereocenters. The van der Waals surface area contributed by atoms with Crippen molar-refractivity contribution >= 4 is 11.9 Å². The fraction of sp³-hybridized carbons (Fsp3) is 0.222. The van der Waals surface area contributed by atoms with Crippen molar-refractivity contribution in [1.82, 2.24) is 0 Å². The number of phenolic OH excluding ortho intramolecular Hbond substituents is 2. The zero-order chi connectivity index (χ0) is 21.4. The standard InChI is InChI=1S/2C9H10O5.2Na/c2*1-14-7-4-5(2-3-6(7)10)8(11)9(12)13;;/h2*2-4,8,10-11H,1H3,(H,12,13);;/q;;2*+1/p-2. The predicted molar refractivity (Wildman–Crippen MR) is 89.3 cm³/mol. The Balaban J connectivity index is 0. The van der Waals surface area contributed by atoms with Crippen molar-refractivity contribution in [3.63, 3.8) is 0 Å². The third-order valence-electron chi connectivity index (χ3n) is 3.49. The van der Waals surface area contributed by atoms with Crippen LogP contribution in [-0.4, -0.2) is 46.6 Å². The number of benzene rings is 2. The number of carboxylic acid groups (broad SMARTS) is 2. The molecule has 0 amide bonds. The molecular formula is C18H18Na2O10. The van der Waals surface area contributed by atoms with Crippen LogP contribution in [-0.2, 0) is 9.59 Å². The van der Waals surface area contributed by atoms with E-state index in [1.165, 1.54) is 50.6 Å². The number of carboxylic acids is 2. The van der Waals surface area contributed by atoms with E-state index in [9.17, 15) is 30.0 Å². The zero-order valence-electron chi connectivity index (χ0n) is 16.9. The molecule has 12 heteroatoms. The molecule has 0 saturated carbocycles. The van der Waals surface area contributed by atoms with Gasteiger partial charge in [0, 0.05) is 0 Å². The Labute approximate surface area is 216 Å². The van der Waals surface area contributed by atoms with Gasteiger partial charge in [0.05, 0.1) is 26.2 Å². The summed E-state index contributed by atoms with van der Waals surface area (Å²) in [5.41, 5.74) is 0.194. The van der Waals surface area contributed by atoms with Gasteiger partial charge < -0.3 is 49.7 Å². The maximum atomic E-state index is 10.3. The van der Waals surface area contributed by atoms with Crippen LogP contribution in [0.4, 0.5) is 0 Å². The normalized spacial score (nSPS) is 11.3. The van der Waals surface area contributed by atoms with Gasteiger partial charge in [0.1, 0.15) is 12.2 Å². The first-order valence-corrected chi connectivity index (χ1v) is 7.64. The average Bonchev–Trinajstić information content (AvgIpc) is 2.68. The van der Waals surface area contributed by atoms with Gasteiger partial charge in [-0.15, -0.1) is 0 Å². The minimum Gasteiger partial charge on any atom is -0.547 e. The van der Waals surface area contributed by atoms with E-state index in [4.69, 9.17) is 19.7 Å². The quantitative estimate of drug-likeness (QED) is 0.315. The molecule has 10 nitrogen and oxygen atoms in total. The number of ether oxygens (including phenoxy) is 2. The molecule has 0 aliphatic heterocycles. The monoisotopic (exact) mass is 440 g/mol. The third-order valence-corrected chi connectivity index (χ3v) is 3.49. The summed E-state index contributed by atoms with van der Waals surface area (Å²) in [4.78, 5) is 20.6. The van der Waals surface area contributed by atoms with Crippen LogP contribution in [0.2, 0.25) is 0 Å². The van der Waals surface area contributed by atoms with Crippen LogP contribution in [0.5, 0.6) is 23.0 Å². The van der Waals surface area contributed by atoms with Crippen LogP contribution in [0.15, 0.2) is 36.4 Å². The number of methoxy groups -OCH3 is 2. The van der Waals surface area contributed by atoms with Gasteiger partial charge in [-0.2, -0.15) is 0 Å². The molecular weight excluding hydrogens is 422 g/mol. The Kier molecular flexibility index (Phi) is 14.8. The Bertz CT molecular complexity index is 774. The van der Waals surface area contributed by atoms with Crippen molar-refractivity contribution in [3.8, 4) is 23.0 Å². The van der Waals surface area contributed by atoms with Crippen LogP contribution in [0, 0.1) is 0 Å². The van der Waals surface area contributed by atoms with Crippen molar-refractivity contribution in [1.29, 1.82) is 0 Å². The van der Waals surface area contributed by atoms with Gasteiger partial charge >= 0.3 is 59.1 Å². The SMILES string of the molecule is COc1cc(C(O)C(=O)[O-])ccc1O.COc1cc(C(O)C(=O)[O-])ccc1O.[Na+].[Na+]. The van der Waals surface area contributed by atoms with Crippen LogP contribution >= 0.6 is 0 Å². The predicted octanol–water partition coefficient (Wildman–Crippen LogP) is -7.62. The number of aliphatic hydroxyl groups is 2. The fourth-order valence-electron chi connectivity index (χ4n) is 2.00. The second-order valence-electron chi connectivity index (χ2n) is 5.31. The van der Waals surface area contributed by atoms with Crippen molar-refractivity contribution in [2.24, 2.45) is 0 Å². The Morgan fingerprint density at radius 2 is 1.07 bits per heavy atom. The second kappa shape index (κ2) is 14.5. The molecule has 0 heterocycles. The van der Waals surface area contributed by atoms with Gasteiger partial charge in [-0.25, -0.2) is 0 Å². The van der Waals surface area contributed by atoms with E-state index in [1.54, 1.807) is 0 Å². The summed E-state index contributed by atoms with van der Waals surface area (Å²) in [5.74, 6) is -3.25. The fourth-order valence-corrected chi connectivity index (χ4v) is 2.00. The number of aliphatic carboxylic acids is 2. The van der Waals surface area contributed by atoms with Gasteiger partial charge in [0.2, 0.25) is 0 Å². The summed E-state index contributed by atoms with van der Waals surface area (Å²) in [5, 5.41) is 57.2. The molecule has 0 aromatic heterocycles. The van der Waals surface area contributed by atoms with E-state index in [-0.39, 0.29) is 93.2 Å². The number of aliphatic hydroxyl groups excluding tert-OH is 2. The molecule has 0 aliphatic carbocycles. The largest absolute Gasteiger partial charge is 1.00 e. The minimum atomic E-state index is -1.72. The summed E-state index contributed by atoms with van der Waals surface area (Å²) in [6, 6.07) is 7.49. The Hall–Kier alpha value is -1.50. The number of hydrogen-bond acceptors (Lipinski definition) is 10. The molecule has 0 spiro atoms. The summed E-state index contributed by atoms with van der Waals surface area (Å²) < 4.78 is 9.48. The first-order chi connectivity index (χ1) is 13.1. The average molecular weight is 440 g/mol. The molecule has 152 valence electrons. The molecule has 2 unspecified atom stereocenters. The second-order valence-corrected chi connectivity index (χ2v) is 5.31. The van der Waals surface area contributed by atoms with Crippen molar-refractivity contribution in [2.45, 2.75) is 12.2 Å². The van der Waals surface area contributed by atoms with Gasteiger partial charge in [-0.1, -0.05) is 12.1 Å². The van der Waals surface area contributed by atoms with Gasteiger partial charge in [-0.3, -0.25) is 0 Å². The molecule has 2 rings (SSSR count). The third kappa shape index (κ3) is 8.70. The molecule has 2 aromatic carbocycles. The summed E-state index contributed by atoms with van der Waals surface area (Å²) >= 11 is 0. The van der Waals surface area contributed by atoms with Crippen LogP contribution in [0.1, 0.15) is 23.3 Å². The number of rotatable bonds is 6. The number of carbonyl (C=O) groups excluding carboxylic acids is 2. The molecule has 4 N–H and O–H groups in total. The number of phenols is 2. The van der Waals surface area contributed by atoms with Gasteiger partial charge in [0.15, 0.2) is 23.0 Å². The number of carbonyl (C=O) groups is 2. The van der Waals surface area contributed by atoms with Crippen molar-refractivity contribution < 1.29 is 109 Å². The molecule has 0 saturated heterocycles. The van der Waals surface area contributed by atoms with Gasteiger partial charge in [0.25, 0.3) is 0 Å². The molecule has 0 radical (unpaired) electrons. The van der Waals surface area contributed by atoms with E-state index in [1.807, 2.05) is 0 Å². The summed E-state index contributed by atoms with van der Waals surface area (Å²) in [7, 11) is 2.65. The Morgan fingerprint density at radius 3 is 1.30 bits per heavy atom. The summed E-state index contributed by atoms with van der Waals surface area (Å²) in [6.07, 6.45) is -3.44. The van der Waals surface area contributed by atoms with Crippen LogP contribution in [0.25, 0.3) is 0 Å². The molecule has 0 bridgehead atoms. The number of aromatic hydroxyl groups is 2. The molecule has 2 aromatic rings. The smallest absolute Gasteiger partial charge is 0.547 e. The summed E-state index contributed by atoms with van der Waals surface area (Å²) in [6.45, 7) is 0. The first kappa shape index (κ1) is 30.7. The van der Waals surface area contributed by atoms with E-state index in [2.05, 4.69) is 0 Å². The van der Waals surface area contributed by atoms with E-state index in [0.717, 1.165) is 0 Å². The van der Waals surface area contributed by atoms with E-state index in [0.29, 0.717) is 0 Å². The molecule has 0 aliphatic rings. The Morgan fingerprint density at radius 1 is 0.767 bits per heavy atom. The number of hydrogen-bond donors (Lipinski definition) is 4. The zero-order valence-corrected chi connectivity index (χ0v) is 20.9. The van der Waals surface area contributed by atoms with Gasteiger partial charge in [-0.05, 0) is 35.4 Å². The van der Waals surface area contributed by atoms with E-state index >= 15 is 0 Å². The topological polar surface area (TPSA) is 180 Å². The van der Waals surface area contributed by atoms with Crippen LogP contribution < -0.4 is 78.8 Å². The maximum Gasteiger partial charge on any atom is 1.00 e. The maximum absolute atomic E-state index is 10.3. The first-order valence-electron chi connectivity index (χ1n) is 7.64. The van der Waals surface area contributed by atoms with E-state index < -0.39 is 24.1 Å². The molecule has 30 heavy (non-hydrogen) atoms.